The number of benzene rings is 2. The van der Waals surface area contributed by atoms with Crippen LogP contribution in [0.15, 0.2) is 54.6 Å². The number of carbonyl (C=O) groups excluding carboxylic acids is 3. The summed E-state index contributed by atoms with van der Waals surface area (Å²) in [6.45, 7) is 36.1. The van der Waals surface area contributed by atoms with Gasteiger partial charge in [-0.2, -0.15) is 0 Å². The first-order valence-corrected chi connectivity index (χ1v) is 26.7. The smallest absolute Gasteiger partial charge is 0.408 e. The Kier molecular flexibility index (Phi) is 18.6. The second-order valence-electron chi connectivity index (χ2n) is 20.2. The molecular formula is C45H77N3O8Si2. The summed E-state index contributed by atoms with van der Waals surface area (Å²) in [5.74, 6) is 0.466. The lowest BCUT2D eigenvalue weighted by molar-refractivity contribution is -0.123. The zero-order chi connectivity index (χ0) is 44.3. The number of nitrogens with one attached hydrogen (secondary N) is 3. The summed E-state index contributed by atoms with van der Waals surface area (Å²) in [6.07, 6.45) is -1.64. The molecule has 0 saturated heterocycles. The number of hydrogen-bond acceptors (Lipinski definition) is 8. The molecule has 0 aliphatic carbocycles. The van der Waals surface area contributed by atoms with Crippen molar-refractivity contribution in [2.24, 2.45) is 11.8 Å². The summed E-state index contributed by atoms with van der Waals surface area (Å²) in [4.78, 5) is 39.6. The average Bonchev–Trinajstić information content (AvgIpc) is 3.08. The Morgan fingerprint density at radius 3 is 1.79 bits per heavy atom. The number of carbonyl (C=O) groups is 3. The van der Waals surface area contributed by atoms with E-state index in [4.69, 9.17) is 23.1 Å². The lowest BCUT2D eigenvalue weighted by atomic mass is 9.99. The van der Waals surface area contributed by atoms with Crippen molar-refractivity contribution in [3.63, 3.8) is 0 Å². The third kappa shape index (κ3) is 17.1. The van der Waals surface area contributed by atoms with E-state index in [0.29, 0.717) is 12.2 Å². The van der Waals surface area contributed by atoms with Crippen molar-refractivity contribution in [1.29, 1.82) is 0 Å². The fourth-order valence-electron chi connectivity index (χ4n) is 5.48. The van der Waals surface area contributed by atoms with Crippen molar-refractivity contribution in [3.8, 4) is 5.75 Å². The Hall–Kier alpha value is -3.40. The van der Waals surface area contributed by atoms with E-state index in [-0.39, 0.29) is 47.6 Å². The first-order chi connectivity index (χ1) is 26.5. The van der Waals surface area contributed by atoms with Crippen LogP contribution in [0.5, 0.6) is 5.75 Å². The largest absolute Gasteiger partial charge is 0.488 e. The van der Waals surface area contributed by atoms with Crippen molar-refractivity contribution in [3.05, 3.63) is 65.7 Å². The molecule has 1 unspecified atom stereocenters. The van der Waals surface area contributed by atoms with Crippen molar-refractivity contribution >= 4 is 34.7 Å². The molecule has 0 radical (unpaired) electrons. The third-order valence-corrected chi connectivity index (χ3v) is 19.9. The second-order valence-corrected chi connectivity index (χ2v) is 29.8. The molecule has 328 valence electrons. The van der Waals surface area contributed by atoms with Gasteiger partial charge < -0.3 is 39.0 Å². The first kappa shape index (κ1) is 50.7. The summed E-state index contributed by atoms with van der Waals surface area (Å²) in [5, 5.41) is 8.82. The topological polar surface area (TPSA) is 133 Å². The van der Waals surface area contributed by atoms with Gasteiger partial charge in [0.05, 0.1) is 18.8 Å². The van der Waals surface area contributed by atoms with Crippen molar-refractivity contribution < 1.29 is 37.4 Å². The van der Waals surface area contributed by atoms with Crippen LogP contribution in [0.25, 0.3) is 0 Å². The quantitative estimate of drug-likeness (QED) is 0.119. The molecule has 0 heterocycles. The van der Waals surface area contributed by atoms with Gasteiger partial charge in [0.1, 0.15) is 30.1 Å². The number of ether oxygens (including phenoxy) is 3. The average molecular weight is 844 g/mol. The van der Waals surface area contributed by atoms with E-state index in [1.807, 2.05) is 89.2 Å². The van der Waals surface area contributed by atoms with Gasteiger partial charge in [-0.15, -0.1) is 0 Å². The van der Waals surface area contributed by atoms with Crippen molar-refractivity contribution in [2.75, 3.05) is 13.2 Å². The maximum absolute atomic E-state index is 13.7. The first-order valence-electron chi connectivity index (χ1n) is 20.8. The summed E-state index contributed by atoms with van der Waals surface area (Å²) in [6, 6.07) is 15.9. The van der Waals surface area contributed by atoms with Crippen LogP contribution >= 0.6 is 0 Å². The molecule has 2 aromatic carbocycles. The van der Waals surface area contributed by atoms with Crippen LogP contribution in [0.2, 0.25) is 36.3 Å². The van der Waals surface area contributed by atoms with Gasteiger partial charge in [0.25, 0.3) is 0 Å². The van der Waals surface area contributed by atoms with Crippen LogP contribution in [0.4, 0.5) is 9.59 Å². The monoisotopic (exact) mass is 844 g/mol. The number of alkyl carbamates (subject to hydrolysis) is 2. The SMILES string of the molecule is CC(C)C[C@H](NC(=O)OCc1ccccc1)C(=O)NCC(O[Si](C)(C)C(C)(C)C)c1ccc(O[C@@H](C(C)C)[C@@H](CO[Si](C)(C)C(C)(C)C)NC(=O)OC(C)(C)C)cc1. The highest BCUT2D eigenvalue weighted by Crippen LogP contribution is 2.40. The molecule has 0 saturated carbocycles. The Morgan fingerprint density at radius 1 is 0.724 bits per heavy atom. The molecule has 2 rings (SSSR count). The van der Waals surface area contributed by atoms with Gasteiger partial charge in [-0.1, -0.05) is 112 Å². The van der Waals surface area contributed by atoms with Crippen LogP contribution in [0.1, 0.15) is 114 Å². The Bertz CT molecular complexity index is 1580. The summed E-state index contributed by atoms with van der Waals surface area (Å²) in [7, 11) is -4.48. The van der Waals surface area contributed by atoms with E-state index in [1.54, 1.807) is 0 Å². The molecule has 58 heavy (non-hydrogen) atoms. The molecule has 0 aliphatic heterocycles. The fourth-order valence-corrected chi connectivity index (χ4v) is 7.79. The molecule has 0 fully saturated rings. The number of amides is 3. The maximum Gasteiger partial charge on any atom is 0.408 e. The van der Waals surface area contributed by atoms with Gasteiger partial charge >= 0.3 is 12.2 Å². The summed E-state index contributed by atoms with van der Waals surface area (Å²) in [5.41, 5.74) is 1.07. The minimum atomic E-state index is -2.32. The highest BCUT2D eigenvalue weighted by atomic mass is 28.4. The lowest BCUT2D eigenvalue weighted by Gasteiger charge is -2.40. The highest BCUT2D eigenvalue weighted by Gasteiger charge is 2.41. The Balaban J connectivity index is 2.36. The van der Waals surface area contributed by atoms with E-state index in [2.05, 4.69) is 97.5 Å². The predicted molar refractivity (Wildman–Crippen MR) is 239 cm³/mol. The van der Waals surface area contributed by atoms with Gasteiger partial charge in [0.2, 0.25) is 5.91 Å². The highest BCUT2D eigenvalue weighted by molar-refractivity contribution is 6.74. The van der Waals surface area contributed by atoms with Crippen molar-refractivity contribution in [2.45, 2.75) is 169 Å². The molecule has 13 heteroatoms. The summed E-state index contributed by atoms with van der Waals surface area (Å²) < 4.78 is 31.3. The van der Waals surface area contributed by atoms with Crippen LogP contribution in [-0.4, -0.2) is 71.7 Å². The fraction of sp³-hybridized carbons (Fsp3) is 0.667. The zero-order valence-electron chi connectivity index (χ0n) is 38.8. The van der Waals surface area contributed by atoms with Crippen LogP contribution in [0, 0.1) is 11.8 Å². The minimum absolute atomic E-state index is 0.00974. The van der Waals surface area contributed by atoms with E-state index in [1.165, 1.54) is 0 Å². The van der Waals surface area contributed by atoms with Gasteiger partial charge in [-0.3, -0.25) is 4.79 Å². The van der Waals surface area contributed by atoms with Gasteiger partial charge in [-0.25, -0.2) is 9.59 Å². The van der Waals surface area contributed by atoms with E-state index < -0.39 is 58.7 Å². The lowest BCUT2D eigenvalue weighted by Crippen LogP contribution is -2.54. The molecular weight excluding hydrogens is 767 g/mol. The van der Waals surface area contributed by atoms with E-state index in [0.717, 1.165) is 11.1 Å². The number of hydrogen-bond donors (Lipinski definition) is 3. The molecule has 3 N–H and O–H groups in total. The second kappa shape index (κ2) is 21.2. The Morgan fingerprint density at radius 2 is 1.29 bits per heavy atom. The Labute approximate surface area is 352 Å². The molecule has 4 atom stereocenters. The van der Waals surface area contributed by atoms with Gasteiger partial charge in [0, 0.05) is 6.54 Å². The van der Waals surface area contributed by atoms with Crippen LogP contribution in [0.3, 0.4) is 0 Å². The molecule has 0 spiro atoms. The normalized spacial score (nSPS) is 14.9. The van der Waals surface area contributed by atoms with Gasteiger partial charge in [-0.05, 0) is 98.6 Å². The summed E-state index contributed by atoms with van der Waals surface area (Å²) >= 11 is 0. The molecule has 0 aromatic heterocycles. The van der Waals surface area contributed by atoms with Crippen LogP contribution in [-0.2, 0) is 29.7 Å². The van der Waals surface area contributed by atoms with Gasteiger partial charge in [0.15, 0.2) is 16.6 Å². The molecule has 0 aliphatic rings. The van der Waals surface area contributed by atoms with Crippen LogP contribution < -0.4 is 20.7 Å². The van der Waals surface area contributed by atoms with Crippen molar-refractivity contribution in [1.82, 2.24) is 16.0 Å². The molecule has 2 aromatic rings. The van der Waals surface area contributed by atoms with E-state index in [9.17, 15) is 14.4 Å². The standard InChI is InChI=1S/C45H77N3O8Si2/c1-31(2)27-36(47-41(50)52-29-33-21-19-18-20-22-33)40(49)46-28-38(56-58(16,17)45(11,12)13)34-23-25-35(26-24-34)54-39(32(3)4)37(48-42(51)55-43(5,6)7)30-53-57(14,15)44(8,9)10/h18-26,31-32,36-39H,27-30H2,1-17H3,(H,46,49)(H,47,50)(H,48,51)/t36-,37+,38?,39-/m0/s1. The minimum Gasteiger partial charge on any atom is -0.488 e. The molecule has 3 amide bonds. The third-order valence-electron chi connectivity index (χ3n) is 10.9. The molecule has 0 bridgehead atoms. The molecule has 11 nitrogen and oxygen atoms in total. The number of rotatable bonds is 19. The van der Waals surface area contributed by atoms with E-state index >= 15 is 0 Å². The zero-order valence-corrected chi connectivity index (χ0v) is 40.8. The maximum atomic E-state index is 13.7. The predicted octanol–water partition coefficient (Wildman–Crippen LogP) is 10.5.